The highest BCUT2D eigenvalue weighted by molar-refractivity contribution is 6.13. The molecule has 0 amide bonds. The molecule has 0 saturated heterocycles. The van der Waals surface area contributed by atoms with E-state index in [2.05, 4.69) is 60.7 Å². The summed E-state index contributed by atoms with van der Waals surface area (Å²) in [6.07, 6.45) is 0. The molecule has 8 rings (SSSR count). The molecule has 2 heterocycles. The number of para-hydroxylation sites is 2. The molecule has 2 aromatic heterocycles. The van der Waals surface area contributed by atoms with Crippen LogP contribution in [0.15, 0.2) is 136 Å². The lowest BCUT2D eigenvalue weighted by atomic mass is 9.87. The molecule has 6 aromatic carbocycles. The Kier molecular flexibility index (Phi) is 4.89. The van der Waals surface area contributed by atoms with Gasteiger partial charge in [-0.15, -0.1) is 0 Å². The first-order valence-electron chi connectivity index (χ1n) is 13.2. The number of furan rings is 2. The van der Waals surface area contributed by atoms with Crippen LogP contribution in [0.3, 0.4) is 0 Å². The van der Waals surface area contributed by atoms with Crippen molar-refractivity contribution in [1.29, 1.82) is 5.26 Å². The molecule has 0 unspecified atom stereocenters. The summed E-state index contributed by atoms with van der Waals surface area (Å²) in [5.74, 6) is 0. The van der Waals surface area contributed by atoms with Gasteiger partial charge < -0.3 is 8.83 Å². The van der Waals surface area contributed by atoms with E-state index in [0.717, 1.165) is 77.3 Å². The van der Waals surface area contributed by atoms with Crippen molar-refractivity contribution in [2.24, 2.45) is 0 Å². The van der Waals surface area contributed by atoms with Gasteiger partial charge in [0.25, 0.3) is 0 Å². The van der Waals surface area contributed by atoms with Gasteiger partial charge in [-0.05, 0) is 64.7 Å². The molecule has 0 atom stereocenters. The predicted octanol–water partition coefficient (Wildman–Crippen LogP) is 10.4. The van der Waals surface area contributed by atoms with Gasteiger partial charge in [0.05, 0.1) is 5.56 Å². The van der Waals surface area contributed by atoms with Gasteiger partial charge in [0.15, 0.2) is 0 Å². The van der Waals surface area contributed by atoms with Gasteiger partial charge >= 0.3 is 0 Å². The SMILES string of the molecule is N#Cc1c(-c2ccccc2)cc(-c2ccc3oc4ccccc4c3c2)cc1-c1cccc2oc3ccccc3c12. The second kappa shape index (κ2) is 8.73. The van der Waals surface area contributed by atoms with Crippen molar-refractivity contribution in [1.82, 2.24) is 0 Å². The van der Waals surface area contributed by atoms with Crippen LogP contribution in [0.2, 0.25) is 0 Å². The van der Waals surface area contributed by atoms with Crippen molar-refractivity contribution in [3.8, 4) is 39.4 Å². The molecule has 0 aliphatic heterocycles. The molecule has 3 nitrogen and oxygen atoms in total. The number of rotatable bonds is 3. The second-order valence-electron chi connectivity index (χ2n) is 10.0. The zero-order chi connectivity index (χ0) is 26.6. The van der Waals surface area contributed by atoms with E-state index in [4.69, 9.17) is 8.83 Å². The van der Waals surface area contributed by atoms with Crippen LogP contribution in [0.4, 0.5) is 0 Å². The van der Waals surface area contributed by atoms with E-state index in [9.17, 15) is 5.26 Å². The Morgan fingerprint density at radius 1 is 0.425 bits per heavy atom. The number of hydrogen-bond donors (Lipinski definition) is 0. The van der Waals surface area contributed by atoms with E-state index < -0.39 is 0 Å². The summed E-state index contributed by atoms with van der Waals surface area (Å²) in [4.78, 5) is 0. The van der Waals surface area contributed by atoms with Crippen LogP contribution < -0.4 is 0 Å². The summed E-state index contributed by atoms with van der Waals surface area (Å²) in [6.45, 7) is 0. The third kappa shape index (κ3) is 3.37. The molecule has 186 valence electrons. The van der Waals surface area contributed by atoms with Gasteiger partial charge in [0.2, 0.25) is 0 Å². The average molecular weight is 512 g/mol. The normalized spacial score (nSPS) is 11.5. The first-order chi connectivity index (χ1) is 19.8. The molecule has 0 bridgehead atoms. The van der Waals surface area contributed by atoms with Crippen LogP contribution in [0.25, 0.3) is 77.3 Å². The maximum absolute atomic E-state index is 10.6. The molecular formula is C37H21NO2. The van der Waals surface area contributed by atoms with Gasteiger partial charge in [0, 0.05) is 32.7 Å². The molecule has 40 heavy (non-hydrogen) atoms. The number of nitrogens with zero attached hydrogens (tertiary/aromatic N) is 1. The number of benzene rings is 6. The Morgan fingerprint density at radius 3 is 1.90 bits per heavy atom. The Labute approximate surface area is 230 Å². The molecule has 0 aliphatic rings. The van der Waals surface area contributed by atoms with E-state index in [0.29, 0.717) is 5.56 Å². The van der Waals surface area contributed by atoms with E-state index in [1.54, 1.807) is 0 Å². The first kappa shape index (κ1) is 22.4. The molecule has 0 radical (unpaired) electrons. The van der Waals surface area contributed by atoms with Gasteiger partial charge in [-0.25, -0.2) is 0 Å². The fourth-order valence-electron chi connectivity index (χ4n) is 5.89. The monoisotopic (exact) mass is 511 g/mol. The molecule has 0 spiro atoms. The topological polar surface area (TPSA) is 50.1 Å². The zero-order valence-corrected chi connectivity index (χ0v) is 21.4. The van der Waals surface area contributed by atoms with Gasteiger partial charge in [-0.3, -0.25) is 0 Å². The summed E-state index contributed by atoms with van der Waals surface area (Å²) in [7, 11) is 0. The predicted molar refractivity (Wildman–Crippen MR) is 162 cm³/mol. The smallest absolute Gasteiger partial charge is 0.136 e. The Morgan fingerprint density at radius 2 is 1.07 bits per heavy atom. The molecule has 0 saturated carbocycles. The maximum atomic E-state index is 10.6. The number of fused-ring (bicyclic) bond motifs is 6. The van der Waals surface area contributed by atoms with Crippen molar-refractivity contribution in [3.05, 3.63) is 133 Å². The third-order valence-corrected chi connectivity index (χ3v) is 7.74. The van der Waals surface area contributed by atoms with Crippen molar-refractivity contribution in [3.63, 3.8) is 0 Å². The average Bonchev–Trinajstić information content (AvgIpc) is 3.59. The minimum atomic E-state index is 0.641. The summed E-state index contributed by atoms with van der Waals surface area (Å²) in [6, 6.07) is 45.6. The summed E-state index contributed by atoms with van der Waals surface area (Å²) >= 11 is 0. The summed E-state index contributed by atoms with van der Waals surface area (Å²) < 4.78 is 12.3. The standard InChI is InChI=1S/C37H21NO2/c38-22-32-29(23-9-2-1-3-10-23)20-25(24-17-18-35-31(19-24)26-11-4-6-14-33(26)39-35)21-30(32)27-13-8-16-36-37(27)28-12-5-7-15-34(28)40-36/h1-21H. The van der Waals surface area contributed by atoms with Gasteiger partial charge in [-0.2, -0.15) is 5.26 Å². The second-order valence-corrected chi connectivity index (χ2v) is 10.0. The fraction of sp³-hybridized carbons (Fsp3) is 0. The molecule has 8 aromatic rings. The van der Waals surface area contributed by atoms with Crippen molar-refractivity contribution < 1.29 is 8.83 Å². The van der Waals surface area contributed by atoms with Crippen LogP contribution in [0.1, 0.15) is 5.56 Å². The van der Waals surface area contributed by atoms with Crippen LogP contribution >= 0.6 is 0 Å². The zero-order valence-electron chi connectivity index (χ0n) is 21.4. The Bertz CT molecular complexity index is 2280. The number of hydrogen-bond acceptors (Lipinski definition) is 3. The minimum Gasteiger partial charge on any atom is -0.456 e. The fourth-order valence-corrected chi connectivity index (χ4v) is 5.89. The lowest BCUT2D eigenvalue weighted by molar-refractivity contribution is 0.668. The van der Waals surface area contributed by atoms with Crippen LogP contribution in [-0.4, -0.2) is 0 Å². The molecule has 0 aliphatic carbocycles. The molecule has 3 heteroatoms. The Balaban J connectivity index is 1.46. The van der Waals surface area contributed by atoms with E-state index in [-0.39, 0.29) is 0 Å². The molecular weight excluding hydrogens is 490 g/mol. The summed E-state index contributed by atoms with van der Waals surface area (Å²) in [5, 5.41) is 14.8. The Hall–Kier alpha value is -5.59. The van der Waals surface area contributed by atoms with E-state index >= 15 is 0 Å². The lowest BCUT2D eigenvalue weighted by Crippen LogP contribution is -1.93. The van der Waals surface area contributed by atoms with Crippen molar-refractivity contribution >= 4 is 43.9 Å². The van der Waals surface area contributed by atoms with Crippen LogP contribution in [0, 0.1) is 11.3 Å². The first-order valence-corrected chi connectivity index (χ1v) is 13.2. The third-order valence-electron chi connectivity index (χ3n) is 7.74. The minimum absolute atomic E-state index is 0.641. The van der Waals surface area contributed by atoms with Crippen LogP contribution in [-0.2, 0) is 0 Å². The highest BCUT2D eigenvalue weighted by Crippen LogP contribution is 2.43. The maximum Gasteiger partial charge on any atom is 0.136 e. The van der Waals surface area contributed by atoms with Gasteiger partial charge in [-0.1, -0.05) is 84.9 Å². The quantitative estimate of drug-likeness (QED) is 0.237. The highest BCUT2D eigenvalue weighted by Gasteiger charge is 2.20. The van der Waals surface area contributed by atoms with E-state index in [1.807, 2.05) is 72.8 Å². The van der Waals surface area contributed by atoms with Crippen molar-refractivity contribution in [2.75, 3.05) is 0 Å². The van der Waals surface area contributed by atoms with Gasteiger partial charge in [0.1, 0.15) is 28.4 Å². The summed E-state index contributed by atoms with van der Waals surface area (Å²) in [5.41, 5.74) is 9.87. The lowest BCUT2D eigenvalue weighted by Gasteiger charge is -2.15. The highest BCUT2D eigenvalue weighted by atomic mass is 16.3. The van der Waals surface area contributed by atoms with Crippen LogP contribution in [0.5, 0.6) is 0 Å². The van der Waals surface area contributed by atoms with Crippen molar-refractivity contribution in [2.45, 2.75) is 0 Å². The molecule has 0 N–H and O–H groups in total. The largest absolute Gasteiger partial charge is 0.456 e. The number of nitriles is 1. The van der Waals surface area contributed by atoms with E-state index in [1.165, 1.54) is 0 Å². The molecule has 0 fully saturated rings.